The molecule has 2 amide bonds. The number of carbonyl (C=O) groups excluding carboxylic acids is 2. The highest BCUT2D eigenvalue weighted by atomic mass is 16.2. The maximum absolute atomic E-state index is 12.8. The van der Waals surface area contributed by atoms with Crippen molar-refractivity contribution in [1.82, 2.24) is 25.1 Å². The molecular formula is C20H25N5O2. The van der Waals surface area contributed by atoms with Gasteiger partial charge >= 0.3 is 0 Å². The highest BCUT2D eigenvalue weighted by Crippen LogP contribution is 2.20. The zero-order chi connectivity index (χ0) is 19.0. The standard InChI is InChI=1S/C20H25N5O2/c1-13-3-4-15(7-14(13)2)10-24-5-6-25-18(11-24)19(26)23-17(20(25)27)8-16-9-21-12-22-16/h3-4,7,9,12,17-18H,5-6,8,10-11H2,1-2H3,(H,21,22)(H,23,26)/t17-,18+/m0/s1. The number of carbonyl (C=O) groups is 2. The van der Waals surface area contributed by atoms with Crippen LogP contribution in [0.5, 0.6) is 0 Å². The van der Waals surface area contributed by atoms with E-state index in [1.54, 1.807) is 17.4 Å². The fraction of sp³-hybridized carbons (Fsp3) is 0.450. The van der Waals surface area contributed by atoms with Gasteiger partial charge in [0, 0.05) is 44.5 Å². The monoisotopic (exact) mass is 367 g/mol. The molecule has 2 aliphatic heterocycles. The Kier molecular flexibility index (Phi) is 4.70. The SMILES string of the molecule is Cc1ccc(CN2CCN3C(=O)[C@H](Cc4cnc[nH]4)NC(=O)[C@H]3C2)cc1C. The number of hydrogen-bond donors (Lipinski definition) is 2. The van der Waals surface area contributed by atoms with Gasteiger partial charge in [-0.05, 0) is 30.5 Å². The minimum atomic E-state index is -0.513. The van der Waals surface area contributed by atoms with Crippen molar-refractivity contribution in [3.8, 4) is 0 Å². The van der Waals surface area contributed by atoms with Gasteiger partial charge in [-0.15, -0.1) is 0 Å². The number of fused-ring (bicyclic) bond motifs is 1. The first-order valence-corrected chi connectivity index (χ1v) is 9.38. The summed E-state index contributed by atoms with van der Waals surface area (Å²) in [6, 6.07) is 5.56. The summed E-state index contributed by atoms with van der Waals surface area (Å²) >= 11 is 0. The van der Waals surface area contributed by atoms with Crippen LogP contribution in [-0.4, -0.2) is 63.3 Å². The van der Waals surface area contributed by atoms with E-state index in [9.17, 15) is 9.59 Å². The van der Waals surface area contributed by atoms with E-state index in [0.29, 0.717) is 19.5 Å². The number of nitrogens with one attached hydrogen (secondary N) is 2. The Labute approximate surface area is 158 Å². The summed E-state index contributed by atoms with van der Waals surface area (Å²) in [5.41, 5.74) is 4.65. The van der Waals surface area contributed by atoms with Crippen LogP contribution in [0.1, 0.15) is 22.4 Å². The van der Waals surface area contributed by atoms with Gasteiger partial charge in [0.05, 0.1) is 6.33 Å². The van der Waals surface area contributed by atoms with E-state index in [4.69, 9.17) is 0 Å². The number of nitrogens with zero attached hydrogens (tertiary/aromatic N) is 3. The molecule has 7 nitrogen and oxygen atoms in total. The van der Waals surface area contributed by atoms with Gasteiger partial charge in [0.15, 0.2) is 0 Å². The van der Waals surface area contributed by atoms with Crippen LogP contribution >= 0.6 is 0 Å². The largest absolute Gasteiger partial charge is 0.348 e. The minimum absolute atomic E-state index is 0.0000281. The molecule has 0 radical (unpaired) electrons. The van der Waals surface area contributed by atoms with Crippen LogP contribution in [0.3, 0.4) is 0 Å². The number of benzene rings is 1. The fourth-order valence-corrected chi connectivity index (χ4v) is 3.92. The summed E-state index contributed by atoms with van der Waals surface area (Å²) in [5.74, 6) is -0.0658. The topological polar surface area (TPSA) is 81.3 Å². The van der Waals surface area contributed by atoms with Crippen LogP contribution in [0, 0.1) is 13.8 Å². The maximum atomic E-state index is 12.8. The van der Waals surface area contributed by atoms with Crippen LogP contribution in [0.25, 0.3) is 0 Å². The molecule has 2 aromatic rings. The van der Waals surface area contributed by atoms with E-state index >= 15 is 0 Å². The number of aromatic amines is 1. The van der Waals surface area contributed by atoms with Gasteiger partial charge in [0.25, 0.3) is 0 Å². The highest BCUT2D eigenvalue weighted by Gasteiger charge is 2.43. The van der Waals surface area contributed by atoms with Crippen LogP contribution in [0.2, 0.25) is 0 Å². The molecule has 0 bridgehead atoms. The number of imidazole rings is 1. The van der Waals surface area contributed by atoms with Crippen molar-refractivity contribution in [2.45, 2.75) is 38.9 Å². The molecule has 142 valence electrons. The van der Waals surface area contributed by atoms with E-state index < -0.39 is 12.1 Å². The molecule has 0 saturated carbocycles. The molecule has 4 rings (SSSR count). The first-order valence-electron chi connectivity index (χ1n) is 9.38. The zero-order valence-electron chi connectivity index (χ0n) is 15.7. The Morgan fingerprint density at radius 1 is 1.19 bits per heavy atom. The third kappa shape index (κ3) is 3.60. The summed E-state index contributed by atoms with van der Waals surface area (Å²) in [6.45, 7) is 6.95. The molecule has 0 aliphatic carbocycles. The van der Waals surface area contributed by atoms with Gasteiger partial charge in [0.2, 0.25) is 11.8 Å². The molecule has 2 saturated heterocycles. The van der Waals surface area contributed by atoms with Gasteiger partial charge < -0.3 is 15.2 Å². The van der Waals surface area contributed by atoms with Crippen LogP contribution in [0.4, 0.5) is 0 Å². The van der Waals surface area contributed by atoms with Crippen molar-refractivity contribution >= 4 is 11.8 Å². The van der Waals surface area contributed by atoms with E-state index in [2.05, 4.69) is 52.2 Å². The summed E-state index contributed by atoms with van der Waals surface area (Å²) in [5, 5.41) is 2.90. The number of aromatic nitrogens is 2. The quantitative estimate of drug-likeness (QED) is 0.837. The first kappa shape index (κ1) is 17.7. The highest BCUT2D eigenvalue weighted by molar-refractivity contribution is 5.97. The van der Waals surface area contributed by atoms with Gasteiger partial charge in [-0.2, -0.15) is 0 Å². The average Bonchev–Trinajstić information content (AvgIpc) is 3.16. The number of piperazine rings is 2. The van der Waals surface area contributed by atoms with Crippen molar-refractivity contribution in [1.29, 1.82) is 0 Å². The lowest BCUT2D eigenvalue weighted by Gasteiger charge is -2.45. The second-order valence-corrected chi connectivity index (χ2v) is 7.54. The molecule has 27 heavy (non-hydrogen) atoms. The van der Waals surface area contributed by atoms with Gasteiger partial charge in [-0.25, -0.2) is 4.98 Å². The Morgan fingerprint density at radius 2 is 2.04 bits per heavy atom. The smallest absolute Gasteiger partial charge is 0.246 e. The number of H-pyrrole nitrogens is 1. The third-order valence-corrected chi connectivity index (χ3v) is 5.62. The summed E-state index contributed by atoms with van der Waals surface area (Å²) < 4.78 is 0. The maximum Gasteiger partial charge on any atom is 0.246 e. The van der Waals surface area contributed by atoms with Crippen LogP contribution < -0.4 is 5.32 Å². The Balaban J connectivity index is 1.42. The van der Waals surface area contributed by atoms with Crippen molar-refractivity contribution in [3.05, 3.63) is 53.1 Å². The zero-order valence-corrected chi connectivity index (χ0v) is 15.7. The van der Waals surface area contributed by atoms with Crippen molar-refractivity contribution in [2.24, 2.45) is 0 Å². The normalized spacial score (nSPS) is 23.3. The number of aryl methyl sites for hydroxylation is 2. The van der Waals surface area contributed by atoms with Crippen molar-refractivity contribution in [2.75, 3.05) is 19.6 Å². The molecule has 2 aliphatic rings. The lowest BCUT2D eigenvalue weighted by molar-refractivity contribution is -0.153. The summed E-state index contributed by atoms with van der Waals surface area (Å²) in [4.78, 5) is 36.5. The Bertz CT molecular complexity index is 848. The third-order valence-electron chi connectivity index (χ3n) is 5.62. The fourth-order valence-electron chi connectivity index (χ4n) is 3.92. The molecular weight excluding hydrogens is 342 g/mol. The summed E-state index contributed by atoms with van der Waals surface area (Å²) in [7, 11) is 0. The number of hydrogen-bond acceptors (Lipinski definition) is 4. The van der Waals surface area contributed by atoms with Gasteiger partial charge in [-0.3, -0.25) is 14.5 Å². The molecule has 3 heterocycles. The molecule has 0 spiro atoms. The second kappa shape index (κ2) is 7.15. The van der Waals surface area contributed by atoms with E-state index in [-0.39, 0.29) is 11.8 Å². The van der Waals surface area contributed by atoms with Crippen LogP contribution in [0.15, 0.2) is 30.7 Å². The van der Waals surface area contributed by atoms with Gasteiger partial charge in [-0.1, -0.05) is 18.2 Å². The van der Waals surface area contributed by atoms with Gasteiger partial charge in [0.1, 0.15) is 12.1 Å². The second-order valence-electron chi connectivity index (χ2n) is 7.54. The molecule has 0 unspecified atom stereocenters. The van der Waals surface area contributed by atoms with Crippen molar-refractivity contribution < 1.29 is 9.59 Å². The van der Waals surface area contributed by atoms with E-state index in [1.807, 2.05) is 0 Å². The first-order chi connectivity index (χ1) is 13.0. The predicted octanol–water partition coefficient (Wildman–Crippen LogP) is 0.780. The molecule has 7 heteroatoms. The lowest BCUT2D eigenvalue weighted by Crippen LogP contribution is -2.69. The molecule has 1 aromatic carbocycles. The number of rotatable bonds is 4. The molecule has 2 fully saturated rings. The number of amides is 2. The van der Waals surface area contributed by atoms with Crippen molar-refractivity contribution in [3.63, 3.8) is 0 Å². The Hall–Kier alpha value is -2.67. The predicted molar refractivity (Wildman–Crippen MR) is 101 cm³/mol. The van der Waals surface area contributed by atoms with E-state index in [0.717, 1.165) is 18.8 Å². The van der Waals surface area contributed by atoms with Crippen LogP contribution in [-0.2, 0) is 22.6 Å². The Morgan fingerprint density at radius 3 is 2.78 bits per heavy atom. The molecule has 2 atom stereocenters. The summed E-state index contributed by atoms with van der Waals surface area (Å²) in [6.07, 6.45) is 3.71. The lowest BCUT2D eigenvalue weighted by atomic mass is 10.0. The molecule has 2 N–H and O–H groups in total. The van der Waals surface area contributed by atoms with E-state index in [1.165, 1.54) is 16.7 Å². The minimum Gasteiger partial charge on any atom is -0.348 e. The molecule has 1 aromatic heterocycles. The average molecular weight is 367 g/mol.